The molecule has 2 unspecified atom stereocenters. The number of furan rings is 1. The van der Waals surface area contributed by atoms with E-state index >= 15 is 0 Å². The van der Waals surface area contributed by atoms with Gasteiger partial charge in [0.1, 0.15) is 11.9 Å². The van der Waals surface area contributed by atoms with Gasteiger partial charge in [-0.25, -0.2) is 0 Å². The Morgan fingerprint density at radius 1 is 1.44 bits per heavy atom. The molecule has 0 amide bonds. The fourth-order valence-electron chi connectivity index (χ4n) is 1.59. The second-order valence-corrected chi connectivity index (χ2v) is 4.80. The minimum Gasteiger partial charge on any atom is -0.447 e. The summed E-state index contributed by atoms with van der Waals surface area (Å²) in [5.41, 5.74) is 5.68. The van der Waals surface area contributed by atoms with Gasteiger partial charge < -0.3 is 15.3 Å². The number of aliphatic hydroxyl groups is 1. The molecule has 86 valence electrons. The number of hydrogen-bond acceptors (Lipinski definition) is 4. The summed E-state index contributed by atoms with van der Waals surface area (Å²) in [6.45, 7) is 0.361. The Kier molecular flexibility index (Phi) is 3.66. The monoisotopic (exact) mass is 257 g/mol. The molecule has 16 heavy (non-hydrogen) atoms. The van der Waals surface area contributed by atoms with Crippen molar-refractivity contribution in [2.45, 2.75) is 12.0 Å². The predicted octanol–water partition coefficient (Wildman–Crippen LogP) is 2.77. The molecule has 0 spiro atoms. The first kappa shape index (κ1) is 11.7. The van der Waals surface area contributed by atoms with Crippen molar-refractivity contribution in [3.63, 3.8) is 0 Å². The SMILES string of the molecule is NCC(c1cccs1)C(O)c1ccc(Cl)o1. The quantitative estimate of drug-likeness (QED) is 0.886. The topological polar surface area (TPSA) is 59.4 Å². The zero-order valence-corrected chi connectivity index (χ0v) is 10.0. The van der Waals surface area contributed by atoms with Gasteiger partial charge in [-0.1, -0.05) is 6.07 Å². The van der Waals surface area contributed by atoms with Crippen LogP contribution in [0.2, 0.25) is 5.22 Å². The van der Waals surface area contributed by atoms with E-state index in [0.717, 1.165) is 4.88 Å². The summed E-state index contributed by atoms with van der Waals surface area (Å²) in [5, 5.41) is 12.4. The van der Waals surface area contributed by atoms with E-state index in [4.69, 9.17) is 21.8 Å². The lowest BCUT2D eigenvalue weighted by Crippen LogP contribution is -2.18. The molecule has 0 saturated heterocycles. The van der Waals surface area contributed by atoms with Crippen molar-refractivity contribution in [3.8, 4) is 0 Å². The Morgan fingerprint density at radius 3 is 2.75 bits per heavy atom. The second-order valence-electron chi connectivity index (χ2n) is 3.44. The van der Waals surface area contributed by atoms with Crippen molar-refractivity contribution in [2.75, 3.05) is 6.54 Å². The Bertz CT molecular complexity index is 441. The molecule has 2 rings (SSSR count). The lowest BCUT2D eigenvalue weighted by molar-refractivity contribution is 0.123. The van der Waals surface area contributed by atoms with E-state index < -0.39 is 6.10 Å². The van der Waals surface area contributed by atoms with Gasteiger partial charge in [0, 0.05) is 17.3 Å². The maximum absolute atomic E-state index is 10.1. The third-order valence-corrected chi connectivity index (χ3v) is 3.64. The number of nitrogens with two attached hydrogens (primary N) is 1. The van der Waals surface area contributed by atoms with Crippen molar-refractivity contribution in [3.05, 3.63) is 45.5 Å². The molecule has 0 aromatic carbocycles. The summed E-state index contributed by atoms with van der Waals surface area (Å²) < 4.78 is 5.19. The molecule has 0 aliphatic heterocycles. The molecule has 0 bridgehead atoms. The molecule has 0 radical (unpaired) electrons. The summed E-state index contributed by atoms with van der Waals surface area (Å²) in [6, 6.07) is 7.17. The van der Waals surface area contributed by atoms with Gasteiger partial charge in [0.15, 0.2) is 5.22 Å². The summed E-state index contributed by atoms with van der Waals surface area (Å²) >= 11 is 7.24. The Balaban J connectivity index is 2.22. The minimum atomic E-state index is -0.754. The van der Waals surface area contributed by atoms with Gasteiger partial charge in [-0.3, -0.25) is 0 Å². The fraction of sp³-hybridized carbons (Fsp3) is 0.273. The van der Waals surface area contributed by atoms with E-state index in [1.54, 1.807) is 23.5 Å². The molecular formula is C11H12ClNO2S. The number of hydrogen-bond donors (Lipinski definition) is 2. The van der Waals surface area contributed by atoms with Gasteiger partial charge in [-0.05, 0) is 35.2 Å². The van der Waals surface area contributed by atoms with Crippen LogP contribution >= 0.6 is 22.9 Å². The van der Waals surface area contributed by atoms with Crippen LogP contribution in [0.15, 0.2) is 34.1 Å². The first-order valence-electron chi connectivity index (χ1n) is 4.89. The summed E-state index contributed by atoms with van der Waals surface area (Å²) in [7, 11) is 0. The van der Waals surface area contributed by atoms with Crippen molar-refractivity contribution in [1.82, 2.24) is 0 Å². The number of aliphatic hydroxyl groups excluding tert-OH is 1. The zero-order valence-electron chi connectivity index (χ0n) is 8.47. The molecule has 0 aliphatic carbocycles. The molecule has 0 saturated carbocycles. The molecule has 0 aliphatic rings. The summed E-state index contributed by atoms with van der Waals surface area (Å²) in [4.78, 5) is 1.04. The Labute approximate surface area is 102 Å². The predicted molar refractivity (Wildman–Crippen MR) is 64.8 cm³/mol. The van der Waals surface area contributed by atoms with E-state index in [1.165, 1.54) is 0 Å². The second kappa shape index (κ2) is 5.01. The summed E-state index contributed by atoms with van der Waals surface area (Å²) in [6.07, 6.45) is -0.754. The van der Waals surface area contributed by atoms with Crippen LogP contribution in [0.5, 0.6) is 0 Å². The first-order chi connectivity index (χ1) is 7.72. The van der Waals surface area contributed by atoms with Gasteiger partial charge in [-0.2, -0.15) is 0 Å². The van der Waals surface area contributed by atoms with Crippen LogP contribution in [-0.2, 0) is 0 Å². The molecule has 2 aromatic rings. The highest BCUT2D eigenvalue weighted by molar-refractivity contribution is 7.10. The molecule has 5 heteroatoms. The maximum Gasteiger partial charge on any atom is 0.193 e. The van der Waals surface area contributed by atoms with Crippen LogP contribution in [0, 0.1) is 0 Å². The van der Waals surface area contributed by atoms with Crippen molar-refractivity contribution in [1.29, 1.82) is 0 Å². The van der Waals surface area contributed by atoms with E-state index in [2.05, 4.69) is 0 Å². The van der Waals surface area contributed by atoms with Gasteiger partial charge in [0.05, 0.1) is 0 Å². The lowest BCUT2D eigenvalue weighted by Gasteiger charge is -2.18. The largest absolute Gasteiger partial charge is 0.447 e. The van der Waals surface area contributed by atoms with E-state index in [0.29, 0.717) is 12.3 Å². The first-order valence-corrected chi connectivity index (χ1v) is 6.15. The van der Waals surface area contributed by atoms with E-state index in [9.17, 15) is 5.11 Å². The number of halogens is 1. The molecule has 2 aromatic heterocycles. The van der Waals surface area contributed by atoms with Crippen LogP contribution in [-0.4, -0.2) is 11.7 Å². The number of rotatable bonds is 4. The van der Waals surface area contributed by atoms with Gasteiger partial charge in [-0.15, -0.1) is 11.3 Å². The normalized spacial score (nSPS) is 14.9. The molecule has 2 atom stereocenters. The highest BCUT2D eigenvalue weighted by Crippen LogP contribution is 2.34. The molecule has 3 N–H and O–H groups in total. The summed E-state index contributed by atoms with van der Waals surface area (Å²) in [5.74, 6) is 0.302. The molecule has 3 nitrogen and oxygen atoms in total. The van der Waals surface area contributed by atoms with Crippen LogP contribution in [0.25, 0.3) is 0 Å². The molecule has 0 fully saturated rings. The fourth-order valence-corrected chi connectivity index (χ4v) is 2.61. The third kappa shape index (κ3) is 2.30. The Morgan fingerprint density at radius 2 is 2.25 bits per heavy atom. The highest BCUT2D eigenvalue weighted by Gasteiger charge is 2.24. The zero-order chi connectivity index (χ0) is 11.5. The average molecular weight is 258 g/mol. The standard InChI is InChI=1S/C11H12ClNO2S/c12-10-4-3-8(15-10)11(14)7(6-13)9-2-1-5-16-9/h1-5,7,11,14H,6,13H2. The van der Waals surface area contributed by atoms with E-state index in [1.807, 2.05) is 17.5 Å². The lowest BCUT2D eigenvalue weighted by atomic mass is 9.99. The van der Waals surface area contributed by atoms with Crippen molar-refractivity contribution >= 4 is 22.9 Å². The van der Waals surface area contributed by atoms with E-state index in [-0.39, 0.29) is 11.1 Å². The van der Waals surface area contributed by atoms with Crippen molar-refractivity contribution < 1.29 is 9.52 Å². The molecule has 2 heterocycles. The molecular weight excluding hydrogens is 246 g/mol. The smallest absolute Gasteiger partial charge is 0.193 e. The van der Waals surface area contributed by atoms with Crippen LogP contribution < -0.4 is 5.73 Å². The highest BCUT2D eigenvalue weighted by atomic mass is 35.5. The van der Waals surface area contributed by atoms with Crippen LogP contribution in [0.4, 0.5) is 0 Å². The maximum atomic E-state index is 10.1. The van der Waals surface area contributed by atoms with Gasteiger partial charge >= 0.3 is 0 Å². The van der Waals surface area contributed by atoms with Gasteiger partial charge in [0.2, 0.25) is 0 Å². The Hall–Kier alpha value is -0.810. The minimum absolute atomic E-state index is 0.151. The number of thiophene rings is 1. The van der Waals surface area contributed by atoms with Crippen molar-refractivity contribution in [2.24, 2.45) is 5.73 Å². The average Bonchev–Trinajstić information content (AvgIpc) is 2.90. The third-order valence-electron chi connectivity index (χ3n) is 2.43. The van der Waals surface area contributed by atoms with Crippen LogP contribution in [0.1, 0.15) is 22.7 Å². The van der Waals surface area contributed by atoms with Crippen LogP contribution in [0.3, 0.4) is 0 Å². The van der Waals surface area contributed by atoms with Gasteiger partial charge in [0.25, 0.3) is 0 Å².